The van der Waals surface area contributed by atoms with E-state index in [0.29, 0.717) is 0 Å². The summed E-state index contributed by atoms with van der Waals surface area (Å²) in [6, 6.07) is 20.8. The number of para-hydroxylation sites is 1. The summed E-state index contributed by atoms with van der Waals surface area (Å²) in [6.45, 7) is 2.15. The maximum absolute atomic E-state index is 4.39. The molecule has 20 heavy (non-hydrogen) atoms. The molecule has 3 aromatic rings. The Kier molecular flexibility index (Phi) is 3.50. The highest BCUT2D eigenvalue weighted by atomic mass is 15.3. The second-order valence-corrected chi connectivity index (χ2v) is 4.79. The van der Waals surface area contributed by atoms with E-state index in [2.05, 4.69) is 41.6 Å². The van der Waals surface area contributed by atoms with E-state index in [0.717, 1.165) is 11.4 Å². The average molecular weight is 263 g/mol. The van der Waals surface area contributed by atoms with Gasteiger partial charge in [-0.25, -0.2) is 4.68 Å². The highest BCUT2D eigenvalue weighted by molar-refractivity contribution is 5.44. The van der Waals surface area contributed by atoms with Gasteiger partial charge in [0.1, 0.15) is 0 Å². The van der Waals surface area contributed by atoms with Gasteiger partial charge in [0.25, 0.3) is 0 Å². The van der Waals surface area contributed by atoms with Gasteiger partial charge in [0.05, 0.1) is 23.8 Å². The van der Waals surface area contributed by atoms with Crippen LogP contribution in [-0.4, -0.2) is 9.78 Å². The van der Waals surface area contributed by atoms with E-state index in [9.17, 15) is 0 Å². The van der Waals surface area contributed by atoms with Crippen LogP contribution in [0.4, 0.5) is 5.69 Å². The lowest BCUT2D eigenvalue weighted by atomic mass is 10.1. The van der Waals surface area contributed by atoms with Gasteiger partial charge in [0.15, 0.2) is 0 Å². The average Bonchev–Trinajstić information content (AvgIpc) is 2.97. The molecule has 1 aromatic heterocycles. The maximum Gasteiger partial charge on any atom is 0.0735 e. The molecule has 2 aromatic carbocycles. The Bertz CT molecular complexity index is 659. The van der Waals surface area contributed by atoms with Crippen LogP contribution in [0, 0.1) is 0 Å². The van der Waals surface area contributed by atoms with Crippen LogP contribution >= 0.6 is 0 Å². The summed E-state index contributed by atoms with van der Waals surface area (Å²) < 4.78 is 1.88. The summed E-state index contributed by atoms with van der Waals surface area (Å²) in [5.74, 6) is 0. The van der Waals surface area contributed by atoms with Gasteiger partial charge in [-0.05, 0) is 24.6 Å². The minimum Gasteiger partial charge on any atom is -0.376 e. The van der Waals surface area contributed by atoms with Crippen LogP contribution in [0.2, 0.25) is 0 Å². The Morgan fingerprint density at radius 3 is 2.30 bits per heavy atom. The van der Waals surface area contributed by atoms with Gasteiger partial charge in [-0.2, -0.15) is 5.10 Å². The summed E-state index contributed by atoms with van der Waals surface area (Å²) in [4.78, 5) is 0. The van der Waals surface area contributed by atoms with Gasteiger partial charge in [0.2, 0.25) is 0 Å². The van der Waals surface area contributed by atoms with Crippen LogP contribution in [0.25, 0.3) is 5.69 Å². The summed E-state index contributed by atoms with van der Waals surface area (Å²) in [6.07, 6.45) is 3.86. The molecule has 1 atom stereocenters. The Labute approximate surface area is 118 Å². The van der Waals surface area contributed by atoms with Crippen LogP contribution in [-0.2, 0) is 0 Å². The number of hydrogen-bond acceptors (Lipinski definition) is 2. The van der Waals surface area contributed by atoms with Gasteiger partial charge < -0.3 is 5.32 Å². The summed E-state index contributed by atoms with van der Waals surface area (Å²) in [5.41, 5.74) is 3.35. The van der Waals surface area contributed by atoms with Crippen molar-refractivity contribution < 1.29 is 0 Å². The van der Waals surface area contributed by atoms with Gasteiger partial charge >= 0.3 is 0 Å². The molecule has 3 heteroatoms. The lowest BCUT2D eigenvalue weighted by Crippen LogP contribution is -2.05. The van der Waals surface area contributed by atoms with Gasteiger partial charge in [0, 0.05) is 6.04 Å². The molecule has 3 nitrogen and oxygen atoms in total. The highest BCUT2D eigenvalue weighted by Gasteiger charge is 2.06. The smallest absolute Gasteiger partial charge is 0.0735 e. The predicted octanol–water partition coefficient (Wildman–Crippen LogP) is 4.05. The van der Waals surface area contributed by atoms with Crippen LogP contribution in [0.5, 0.6) is 0 Å². The lowest BCUT2D eigenvalue weighted by molar-refractivity contribution is 0.876. The molecule has 3 rings (SSSR count). The fourth-order valence-corrected chi connectivity index (χ4v) is 2.19. The van der Waals surface area contributed by atoms with Crippen LogP contribution < -0.4 is 5.32 Å². The Hall–Kier alpha value is -2.55. The zero-order valence-electron chi connectivity index (χ0n) is 11.4. The molecule has 0 unspecified atom stereocenters. The summed E-state index contributed by atoms with van der Waals surface area (Å²) in [7, 11) is 0. The molecule has 0 radical (unpaired) electrons. The quantitative estimate of drug-likeness (QED) is 0.769. The number of rotatable bonds is 4. The molecule has 0 amide bonds. The first-order chi connectivity index (χ1) is 9.83. The van der Waals surface area contributed by atoms with Gasteiger partial charge in [-0.3, -0.25) is 0 Å². The monoisotopic (exact) mass is 263 g/mol. The topological polar surface area (TPSA) is 29.9 Å². The predicted molar refractivity (Wildman–Crippen MR) is 82.0 cm³/mol. The standard InChI is InChI=1S/C17H17N3/c1-14(15-8-4-2-5-9-15)19-16-12-18-20(13-16)17-10-6-3-7-11-17/h2-14,19H,1H3/t14-/m0/s1. The van der Waals surface area contributed by atoms with E-state index in [-0.39, 0.29) is 6.04 Å². The fraction of sp³-hybridized carbons (Fsp3) is 0.118. The molecule has 0 saturated carbocycles. The third-order valence-corrected chi connectivity index (χ3v) is 3.29. The molecule has 1 N–H and O–H groups in total. The molecule has 100 valence electrons. The molecule has 0 bridgehead atoms. The van der Waals surface area contributed by atoms with E-state index < -0.39 is 0 Å². The van der Waals surface area contributed by atoms with Crippen molar-refractivity contribution in [2.45, 2.75) is 13.0 Å². The van der Waals surface area contributed by atoms with Crippen molar-refractivity contribution >= 4 is 5.69 Å². The molecule has 0 fully saturated rings. The Balaban J connectivity index is 1.75. The molecule has 0 spiro atoms. The molecule has 0 saturated heterocycles. The van der Waals surface area contributed by atoms with Gasteiger partial charge in [-0.15, -0.1) is 0 Å². The van der Waals surface area contributed by atoms with Crippen LogP contribution in [0.1, 0.15) is 18.5 Å². The van der Waals surface area contributed by atoms with Crippen LogP contribution in [0.3, 0.4) is 0 Å². The zero-order valence-corrected chi connectivity index (χ0v) is 11.4. The minimum atomic E-state index is 0.254. The largest absolute Gasteiger partial charge is 0.376 e. The number of anilines is 1. The highest BCUT2D eigenvalue weighted by Crippen LogP contribution is 2.19. The number of benzene rings is 2. The molecule has 0 aliphatic heterocycles. The van der Waals surface area contributed by atoms with E-state index in [1.165, 1.54) is 5.56 Å². The molecule has 1 heterocycles. The number of hydrogen-bond donors (Lipinski definition) is 1. The van der Waals surface area contributed by atoms with Crippen LogP contribution in [0.15, 0.2) is 73.1 Å². The van der Waals surface area contributed by atoms with Crippen molar-refractivity contribution in [3.8, 4) is 5.69 Å². The second kappa shape index (κ2) is 5.61. The maximum atomic E-state index is 4.39. The van der Waals surface area contributed by atoms with Gasteiger partial charge in [-0.1, -0.05) is 48.5 Å². The Morgan fingerprint density at radius 2 is 1.60 bits per heavy atom. The van der Waals surface area contributed by atoms with Crippen molar-refractivity contribution in [1.29, 1.82) is 0 Å². The summed E-state index contributed by atoms with van der Waals surface area (Å²) in [5, 5.41) is 7.85. The third-order valence-electron chi connectivity index (χ3n) is 3.29. The first kappa shape index (κ1) is 12.5. The molecule has 0 aliphatic carbocycles. The molecular formula is C17H17N3. The van der Waals surface area contributed by atoms with E-state index in [1.807, 2.05) is 53.5 Å². The van der Waals surface area contributed by atoms with Crippen molar-refractivity contribution in [2.75, 3.05) is 5.32 Å². The van der Waals surface area contributed by atoms with E-state index in [4.69, 9.17) is 0 Å². The van der Waals surface area contributed by atoms with Crippen molar-refractivity contribution in [3.63, 3.8) is 0 Å². The molecular weight excluding hydrogens is 246 g/mol. The molecule has 0 aliphatic rings. The van der Waals surface area contributed by atoms with Crippen molar-refractivity contribution in [3.05, 3.63) is 78.6 Å². The number of aromatic nitrogens is 2. The van der Waals surface area contributed by atoms with Crippen molar-refractivity contribution in [2.24, 2.45) is 0 Å². The summed E-state index contributed by atoms with van der Waals surface area (Å²) >= 11 is 0. The third kappa shape index (κ3) is 2.72. The lowest BCUT2D eigenvalue weighted by Gasteiger charge is -2.13. The SMILES string of the molecule is C[C@H](Nc1cnn(-c2ccccc2)c1)c1ccccc1. The zero-order chi connectivity index (χ0) is 13.8. The normalized spacial score (nSPS) is 12.1. The Morgan fingerprint density at radius 1 is 0.950 bits per heavy atom. The second-order valence-electron chi connectivity index (χ2n) is 4.79. The first-order valence-electron chi connectivity index (χ1n) is 6.74. The first-order valence-corrected chi connectivity index (χ1v) is 6.74. The van der Waals surface area contributed by atoms with Crippen molar-refractivity contribution in [1.82, 2.24) is 9.78 Å². The van der Waals surface area contributed by atoms with E-state index in [1.54, 1.807) is 0 Å². The number of nitrogens with one attached hydrogen (secondary N) is 1. The minimum absolute atomic E-state index is 0.254. The fourth-order valence-electron chi connectivity index (χ4n) is 2.19. The van der Waals surface area contributed by atoms with E-state index >= 15 is 0 Å². The number of nitrogens with zero attached hydrogens (tertiary/aromatic N) is 2.